The number of benzene rings is 2. The summed E-state index contributed by atoms with van der Waals surface area (Å²) in [5.74, 6) is -1.80. The number of carboxylic acid groups (broad SMARTS) is 1. The highest BCUT2D eigenvalue weighted by Crippen LogP contribution is 2.36. The number of esters is 1. The molecule has 2 aromatic carbocycles. The lowest BCUT2D eigenvalue weighted by Gasteiger charge is -2.26. The van der Waals surface area contributed by atoms with Crippen LogP contribution in [0.4, 0.5) is 0 Å². The van der Waals surface area contributed by atoms with Gasteiger partial charge in [0.15, 0.2) is 0 Å². The van der Waals surface area contributed by atoms with Gasteiger partial charge >= 0.3 is 11.9 Å². The van der Waals surface area contributed by atoms with Crippen LogP contribution in [0.1, 0.15) is 36.5 Å². The van der Waals surface area contributed by atoms with Gasteiger partial charge in [0, 0.05) is 12.8 Å². The molecule has 0 aliphatic carbocycles. The Morgan fingerprint density at radius 1 is 0.955 bits per heavy atom. The summed E-state index contributed by atoms with van der Waals surface area (Å²) in [6.45, 7) is 1.33. The SMILES string of the molecule is CC(=O)O[C@@H](c1ccccc1)[C@@H](CC(=O)O)c1ccccc1. The summed E-state index contributed by atoms with van der Waals surface area (Å²) in [5, 5.41) is 9.23. The first kappa shape index (κ1) is 15.8. The Morgan fingerprint density at radius 3 is 1.91 bits per heavy atom. The second-order valence-corrected chi connectivity index (χ2v) is 5.06. The predicted molar refractivity (Wildman–Crippen MR) is 82.4 cm³/mol. The maximum atomic E-state index is 11.5. The second kappa shape index (κ2) is 7.41. The molecule has 4 heteroatoms. The quantitative estimate of drug-likeness (QED) is 0.828. The summed E-state index contributed by atoms with van der Waals surface area (Å²) in [6.07, 6.45) is -0.742. The normalized spacial score (nSPS) is 13.1. The second-order valence-electron chi connectivity index (χ2n) is 5.06. The van der Waals surface area contributed by atoms with Crippen molar-refractivity contribution < 1.29 is 19.4 Å². The summed E-state index contributed by atoms with van der Waals surface area (Å²) in [6, 6.07) is 18.5. The molecule has 2 aromatic rings. The third-order valence-electron chi connectivity index (χ3n) is 3.41. The predicted octanol–water partition coefficient (Wildman–Crippen LogP) is 3.55. The zero-order valence-electron chi connectivity index (χ0n) is 12.3. The monoisotopic (exact) mass is 298 g/mol. The fraction of sp³-hybridized carbons (Fsp3) is 0.222. The molecule has 2 rings (SSSR count). The third-order valence-corrected chi connectivity index (χ3v) is 3.41. The number of carboxylic acids is 1. The van der Waals surface area contributed by atoms with Gasteiger partial charge in [-0.05, 0) is 11.1 Å². The van der Waals surface area contributed by atoms with Crippen LogP contribution in [0.5, 0.6) is 0 Å². The van der Waals surface area contributed by atoms with Crippen LogP contribution in [-0.4, -0.2) is 17.0 Å². The Morgan fingerprint density at radius 2 is 1.45 bits per heavy atom. The van der Waals surface area contributed by atoms with E-state index in [1.54, 1.807) is 0 Å². The maximum Gasteiger partial charge on any atom is 0.304 e. The molecule has 0 radical (unpaired) electrons. The van der Waals surface area contributed by atoms with E-state index in [0.717, 1.165) is 11.1 Å². The number of aliphatic carboxylic acids is 1. The number of rotatable bonds is 6. The molecule has 0 saturated carbocycles. The highest BCUT2D eigenvalue weighted by Gasteiger charge is 2.29. The van der Waals surface area contributed by atoms with Gasteiger partial charge in [-0.3, -0.25) is 9.59 Å². The van der Waals surface area contributed by atoms with Crippen LogP contribution in [0.2, 0.25) is 0 Å². The van der Waals surface area contributed by atoms with E-state index in [2.05, 4.69) is 0 Å². The molecule has 4 nitrogen and oxygen atoms in total. The first-order chi connectivity index (χ1) is 10.6. The van der Waals surface area contributed by atoms with E-state index >= 15 is 0 Å². The molecule has 2 atom stereocenters. The number of hydrogen-bond donors (Lipinski definition) is 1. The average Bonchev–Trinajstić information content (AvgIpc) is 2.52. The smallest absolute Gasteiger partial charge is 0.304 e. The van der Waals surface area contributed by atoms with Gasteiger partial charge in [0.05, 0.1) is 6.42 Å². The average molecular weight is 298 g/mol. The minimum absolute atomic E-state index is 0.114. The van der Waals surface area contributed by atoms with Gasteiger partial charge in [-0.25, -0.2) is 0 Å². The van der Waals surface area contributed by atoms with Crippen molar-refractivity contribution in [2.45, 2.75) is 25.4 Å². The summed E-state index contributed by atoms with van der Waals surface area (Å²) in [5.41, 5.74) is 1.62. The van der Waals surface area contributed by atoms with Crippen LogP contribution in [0.15, 0.2) is 60.7 Å². The molecular formula is C18H18O4. The summed E-state index contributed by atoms with van der Waals surface area (Å²) >= 11 is 0. The van der Waals surface area contributed by atoms with Gasteiger partial charge in [0.2, 0.25) is 0 Å². The van der Waals surface area contributed by atoms with Gasteiger partial charge in [-0.15, -0.1) is 0 Å². The van der Waals surface area contributed by atoms with Crippen molar-refractivity contribution in [2.24, 2.45) is 0 Å². The van der Waals surface area contributed by atoms with Crippen molar-refractivity contribution in [1.29, 1.82) is 0 Å². The molecule has 0 unspecified atom stereocenters. The molecule has 0 aromatic heterocycles. The number of hydrogen-bond acceptors (Lipinski definition) is 3. The lowest BCUT2D eigenvalue weighted by atomic mass is 9.86. The van der Waals surface area contributed by atoms with Crippen molar-refractivity contribution in [3.63, 3.8) is 0 Å². The highest BCUT2D eigenvalue weighted by atomic mass is 16.5. The van der Waals surface area contributed by atoms with Gasteiger partial charge in [0.1, 0.15) is 6.10 Å². The van der Waals surface area contributed by atoms with Crippen molar-refractivity contribution in [3.8, 4) is 0 Å². The standard InChI is InChI=1S/C18H18O4/c1-13(19)22-18(15-10-6-3-7-11-15)16(12-17(20)21)14-8-4-2-5-9-14/h2-11,16,18H,12H2,1H3,(H,20,21)/t16-,18-/m0/s1. The zero-order valence-corrected chi connectivity index (χ0v) is 12.3. The van der Waals surface area contributed by atoms with Crippen LogP contribution in [0.3, 0.4) is 0 Å². The van der Waals surface area contributed by atoms with Crippen LogP contribution in [0, 0.1) is 0 Å². The largest absolute Gasteiger partial charge is 0.481 e. The van der Waals surface area contributed by atoms with Crippen LogP contribution >= 0.6 is 0 Å². The fourth-order valence-corrected chi connectivity index (χ4v) is 2.49. The Balaban J connectivity index is 2.43. The molecule has 0 aliphatic heterocycles. The Kier molecular flexibility index (Phi) is 5.31. The van der Waals surface area contributed by atoms with Gasteiger partial charge < -0.3 is 9.84 Å². The number of carbonyl (C=O) groups is 2. The molecule has 0 heterocycles. The molecule has 0 amide bonds. The zero-order chi connectivity index (χ0) is 15.9. The van der Waals surface area contributed by atoms with Crippen molar-refractivity contribution in [1.82, 2.24) is 0 Å². The molecule has 114 valence electrons. The van der Waals surface area contributed by atoms with E-state index in [1.165, 1.54) is 6.92 Å². The fourth-order valence-electron chi connectivity index (χ4n) is 2.49. The third kappa shape index (κ3) is 4.19. The first-order valence-corrected chi connectivity index (χ1v) is 7.07. The minimum Gasteiger partial charge on any atom is -0.481 e. The van der Waals surface area contributed by atoms with Gasteiger partial charge in [0.25, 0.3) is 0 Å². The van der Waals surface area contributed by atoms with Crippen LogP contribution in [0.25, 0.3) is 0 Å². The van der Waals surface area contributed by atoms with Crippen LogP contribution < -0.4 is 0 Å². The molecular weight excluding hydrogens is 280 g/mol. The molecule has 0 bridgehead atoms. The van der Waals surface area contributed by atoms with E-state index in [4.69, 9.17) is 4.74 Å². The molecule has 0 spiro atoms. The molecule has 1 N–H and O–H groups in total. The van der Waals surface area contributed by atoms with E-state index < -0.39 is 24.0 Å². The van der Waals surface area contributed by atoms with Crippen LogP contribution in [-0.2, 0) is 14.3 Å². The van der Waals surface area contributed by atoms with E-state index in [9.17, 15) is 14.7 Å². The Hall–Kier alpha value is -2.62. The lowest BCUT2D eigenvalue weighted by molar-refractivity contribution is -0.150. The van der Waals surface area contributed by atoms with Crippen molar-refractivity contribution in [2.75, 3.05) is 0 Å². The maximum absolute atomic E-state index is 11.5. The first-order valence-electron chi connectivity index (χ1n) is 7.07. The molecule has 0 aliphatic rings. The van der Waals surface area contributed by atoms with E-state index in [0.29, 0.717) is 0 Å². The van der Waals surface area contributed by atoms with Gasteiger partial charge in [-0.2, -0.15) is 0 Å². The molecule has 0 fully saturated rings. The lowest BCUT2D eigenvalue weighted by Crippen LogP contribution is -2.20. The van der Waals surface area contributed by atoms with Crippen molar-refractivity contribution in [3.05, 3.63) is 71.8 Å². The minimum atomic E-state index is -0.929. The van der Waals surface area contributed by atoms with Gasteiger partial charge in [-0.1, -0.05) is 60.7 Å². The Labute approximate surface area is 129 Å². The topological polar surface area (TPSA) is 63.6 Å². The van der Waals surface area contributed by atoms with E-state index in [1.807, 2.05) is 60.7 Å². The van der Waals surface area contributed by atoms with Crippen molar-refractivity contribution >= 4 is 11.9 Å². The molecule has 0 saturated heterocycles. The molecule has 22 heavy (non-hydrogen) atoms. The summed E-state index contributed by atoms with van der Waals surface area (Å²) < 4.78 is 5.45. The number of carbonyl (C=O) groups excluding carboxylic acids is 1. The Bertz CT molecular complexity index is 565. The van der Waals surface area contributed by atoms with E-state index in [-0.39, 0.29) is 6.42 Å². The summed E-state index contributed by atoms with van der Waals surface area (Å²) in [7, 11) is 0. The number of ether oxygens (including phenoxy) is 1. The highest BCUT2D eigenvalue weighted by molar-refractivity contribution is 5.69. The summed E-state index contributed by atoms with van der Waals surface area (Å²) in [4.78, 5) is 22.7.